The first kappa shape index (κ1) is 35.4. The number of rotatable bonds is 8. The summed E-state index contributed by atoms with van der Waals surface area (Å²) in [5.41, 5.74) is 11.8. The molecule has 260 valence electrons. The fourth-order valence-electron chi connectivity index (χ4n) is 7.92. The molecular weight excluding hydrogens is 613 g/mol. The number of allylic oxidation sites excluding steroid dienone is 9. The summed E-state index contributed by atoms with van der Waals surface area (Å²) in [6.45, 7) is 18.9. The van der Waals surface area contributed by atoms with Crippen LogP contribution in [0.4, 0.5) is 0 Å². The summed E-state index contributed by atoms with van der Waals surface area (Å²) in [5, 5.41) is 0. The lowest BCUT2D eigenvalue weighted by molar-refractivity contribution is -0.129. The highest BCUT2D eigenvalue weighted by molar-refractivity contribution is 5.87. The standard InChI is InChI=1S/C46H54N2O2/c1-8-9-20-36(45(2,3)4)28-32-16-12-17-33(27-32)38-30-42(48-26-15-24-44(48)50)39(31-41(38)47-25-14-23-43(47)49)35-19-13-18-34(29-35)37-21-10-11-22-40(37)46(5,6)7/h8-11,13,16,18-22,27-30,41H,1,12,14-15,17,23-26,31H2,2-7H3/b20-9-,36-28-. The van der Waals surface area contributed by atoms with Gasteiger partial charge in [0.1, 0.15) is 0 Å². The number of carbonyl (C=O) groups is 2. The number of amides is 2. The molecule has 0 aromatic heterocycles. The summed E-state index contributed by atoms with van der Waals surface area (Å²) < 4.78 is 0. The van der Waals surface area contributed by atoms with E-state index in [0.717, 1.165) is 55.6 Å². The number of carbonyl (C=O) groups excluding carboxylic acids is 2. The fourth-order valence-corrected chi connectivity index (χ4v) is 7.92. The topological polar surface area (TPSA) is 40.6 Å². The molecule has 6 rings (SSSR count). The largest absolute Gasteiger partial charge is 0.335 e. The van der Waals surface area contributed by atoms with Crippen LogP contribution in [-0.2, 0) is 15.0 Å². The van der Waals surface area contributed by atoms with Crippen LogP contribution in [-0.4, -0.2) is 40.7 Å². The minimum absolute atomic E-state index is 0.00548. The first-order chi connectivity index (χ1) is 23.8. The van der Waals surface area contributed by atoms with Gasteiger partial charge in [-0.05, 0) is 105 Å². The van der Waals surface area contributed by atoms with E-state index in [1.807, 2.05) is 17.1 Å². The predicted molar refractivity (Wildman–Crippen MR) is 208 cm³/mol. The Morgan fingerprint density at radius 2 is 1.60 bits per heavy atom. The zero-order chi connectivity index (χ0) is 35.6. The molecule has 0 bridgehead atoms. The average molecular weight is 667 g/mol. The molecule has 0 N–H and O–H groups in total. The minimum atomic E-state index is -0.0794. The van der Waals surface area contributed by atoms with Gasteiger partial charge in [0, 0.05) is 31.6 Å². The number of likely N-dealkylation sites (tertiary alicyclic amines) is 2. The molecule has 0 radical (unpaired) electrons. The SMILES string of the molecule is C=C/C=C\C(=C\C1=CCCC(C2=CC(N3CCCC3=O)=C(c3cccc(-c4ccccc4C(C)(C)C)c3)CC2N2CCCC2=O)=C1)C(C)(C)C. The molecule has 2 saturated heterocycles. The Kier molecular flexibility index (Phi) is 10.2. The van der Waals surface area contributed by atoms with Crippen LogP contribution in [0, 0.1) is 5.41 Å². The molecule has 2 aliphatic heterocycles. The van der Waals surface area contributed by atoms with Gasteiger partial charge in [-0.2, -0.15) is 0 Å². The Bertz CT molecular complexity index is 1860. The molecule has 0 saturated carbocycles. The Hall–Kier alpha value is -4.44. The molecule has 2 aliphatic carbocycles. The summed E-state index contributed by atoms with van der Waals surface area (Å²) in [5.74, 6) is 0.411. The van der Waals surface area contributed by atoms with Gasteiger partial charge >= 0.3 is 0 Å². The molecule has 2 fully saturated rings. The van der Waals surface area contributed by atoms with Gasteiger partial charge in [0.15, 0.2) is 0 Å². The first-order valence-corrected chi connectivity index (χ1v) is 18.5. The molecule has 4 aliphatic rings. The number of benzene rings is 2. The molecule has 2 aromatic rings. The predicted octanol–water partition coefficient (Wildman–Crippen LogP) is 10.7. The van der Waals surface area contributed by atoms with Crippen molar-refractivity contribution in [3.8, 4) is 11.1 Å². The van der Waals surface area contributed by atoms with E-state index in [4.69, 9.17) is 0 Å². The third-order valence-corrected chi connectivity index (χ3v) is 10.6. The van der Waals surface area contributed by atoms with Gasteiger partial charge in [-0.15, -0.1) is 0 Å². The smallest absolute Gasteiger partial charge is 0.227 e. The van der Waals surface area contributed by atoms with Crippen molar-refractivity contribution >= 4 is 17.4 Å². The molecule has 2 heterocycles. The van der Waals surface area contributed by atoms with E-state index in [1.165, 1.54) is 39.0 Å². The monoisotopic (exact) mass is 666 g/mol. The summed E-state index contributed by atoms with van der Waals surface area (Å²) in [7, 11) is 0. The second kappa shape index (κ2) is 14.4. The van der Waals surface area contributed by atoms with E-state index >= 15 is 0 Å². The van der Waals surface area contributed by atoms with Gasteiger partial charge in [0.25, 0.3) is 0 Å². The van der Waals surface area contributed by atoms with Crippen molar-refractivity contribution in [2.45, 2.75) is 97.9 Å². The third kappa shape index (κ3) is 7.50. The second-order valence-corrected chi connectivity index (χ2v) is 16.3. The fraction of sp³-hybridized carbons (Fsp3) is 0.391. The summed E-state index contributed by atoms with van der Waals surface area (Å²) >= 11 is 0. The van der Waals surface area contributed by atoms with E-state index < -0.39 is 0 Å². The zero-order valence-electron chi connectivity index (χ0n) is 31.0. The lowest BCUT2D eigenvalue weighted by Gasteiger charge is -2.38. The second-order valence-electron chi connectivity index (χ2n) is 16.3. The lowest BCUT2D eigenvalue weighted by atomic mass is 9.78. The molecule has 2 amide bonds. The molecule has 0 spiro atoms. The molecule has 2 aromatic carbocycles. The number of nitrogens with zero attached hydrogens (tertiary/aromatic N) is 2. The van der Waals surface area contributed by atoms with Crippen molar-refractivity contribution < 1.29 is 9.59 Å². The van der Waals surface area contributed by atoms with Crippen LogP contribution in [0.2, 0.25) is 0 Å². The van der Waals surface area contributed by atoms with Crippen LogP contribution < -0.4 is 0 Å². The summed E-state index contributed by atoms with van der Waals surface area (Å²) in [4.78, 5) is 31.1. The lowest BCUT2D eigenvalue weighted by Crippen LogP contribution is -2.41. The van der Waals surface area contributed by atoms with Crippen molar-refractivity contribution in [1.29, 1.82) is 0 Å². The van der Waals surface area contributed by atoms with Crippen LogP contribution in [0.5, 0.6) is 0 Å². The maximum atomic E-state index is 13.5. The van der Waals surface area contributed by atoms with E-state index in [2.05, 4.69) is 132 Å². The highest BCUT2D eigenvalue weighted by Gasteiger charge is 2.38. The van der Waals surface area contributed by atoms with Crippen molar-refractivity contribution in [1.82, 2.24) is 9.80 Å². The van der Waals surface area contributed by atoms with Gasteiger partial charge in [-0.1, -0.05) is 127 Å². The summed E-state index contributed by atoms with van der Waals surface area (Å²) in [6.07, 6.45) is 20.7. The average Bonchev–Trinajstić information content (AvgIpc) is 3.72. The molecule has 4 nitrogen and oxygen atoms in total. The van der Waals surface area contributed by atoms with Gasteiger partial charge in [-0.3, -0.25) is 9.59 Å². The Balaban J connectivity index is 1.51. The van der Waals surface area contributed by atoms with Crippen LogP contribution in [0.3, 0.4) is 0 Å². The van der Waals surface area contributed by atoms with Gasteiger partial charge in [0.2, 0.25) is 11.8 Å². The van der Waals surface area contributed by atoms with Gasteiger partial charge in [0.05, 0.1) is 6.04 Å². The van der Waals surface area contributed by atoms with Gasteiger partial charge < -0.3 is 9.80 Å². The van der Waals surface area contributed by atoms with Crippen molar-refractivity contribution in [2.75, 3.05) is 13.1 Å². The van der Waals surface area contributed by atoms with E-state index in [-0.39, 0.29) is 28.7 Å². The van der Waals surface area contributed by atoms with E-state index in [9.17, 15) is 9.59 Å². The molecular formula is C46H54N2O2. The minimum Gasteiger partial charge on any atom is -0.335 e. The normalized spacial score (nSPS) is 20.9. The highest BCUT2D eigenvalue weighted by atomic mass is 16.2. The quantitative estimate of drug-likeness (QED) is 0.263. The van der Waals surface area contributed by atoms with Gasteiger partial charge in [-0.25, -0.2) is 0 Å². The molecule has 1 unspecified atom stereocenters. The Morgan fingerprint density at radius 1 is 0.860 bits per heavy atom. The van der Waals surface area contributed by atoms with E-state index in [1.54, 1.807) is 0 Å². The number of hydrogen-bond donors (Lipinski definition) is 0. The van der Waals surface area contributed by atoms with Crippen LogP contribution in [0.25, 0.3) is 16.7 Å². The van der Waals surface area contributed by atoms with Crippen molar-refractivity contribution in [3.63, 3.8) is 0 Å². The highest BCUT2D eigenvalue weighted by Crippen LogP contribution is 2.44. The molecule has 50 heavy (non-hydrogen) atoms. The van der Waals surface area contributed by atoms with Crippen LogP contribution >= 0.6 is 0 Å². The Morgan fingerprint density at radius 3 is 2.28 bits per heavy atom. The van der Waals surface area contributed by atoms with E-state index in [0.29, 0.717) is 19.3 Å². The van der Waals surface area contributed by atoms with Crippen molar-refractivity contribution in [2.24, 2.45) is 5.41 Å². The first-order valence-electron chi connectivity index (χ1n) is 18.5. The van der Waals surface area contributed by atoms with Crippen LogP contribution in [0.15, 0.2) is 126 Å². The molecule has 4 heteroatoms. The molecule has 1 atom stereocenters. The maximum Gasteiger partial charge on any atom is 0.227 e. The van der Waals surface area contributed by atoms with Crippen LogP contribution in [0.1, 0.15) is 97.6 Å². The summed E-state index contributed by atoms with van der Waals surface area (Å²) in [6, 6.07) is 17.5. The third-order valence-electron chi connectivity index (χ3n) is 10.6. The number of hydrogen-bond acceptors (Lipinski definition) is 2. The van der Waals surface area contributed by atoms with Crippen molar-refractivity contribution in [3.05, 3.63) is 137 Å². The maximum absolute atomic E-state index is 13.5. The zero-order valence-corrected chi connectivity index (χ0v) is 31.0. The Labute approximate surface area is 300 Å².